The predicted molar refractivity (Wildman–Crippen MR) is 113 cm³/mol. The van der Waals surface area contributed by atoms with E-state index in [-0.39, 0.29) is 5.82 Å². The second-order valence-corrected chi connectivity index (χ2v) is 8.25. The van der Waals surface area contributed by atoms with Crippen molar-refractivity contribution in [3.63, 3.8) is 0 Å². The van der Waals surface area contributed by atoms with E-state index in [1.807, 2.05) is 60.0 Å². The SMILES string of the molecule is N#Cc1c(-c2cccs2)cc(-c2ccc3c(c2)Sc2ccccc2O3)nc1N. The summed E-state index contributed by atoms with van der Waals surface area (Å²) in [7, 11) is 0. The number of hydrogen-bond donors (Lipinski definition) is 1. The van der Waals surface area contributed by atoms with Gasteiger partial charge in [-0.2, -0.15) is 5.26 Å². The summed E-state index contributed by atoms with van der Waals surface area (Å²) in [5.41, 5.74) is 9.01. The highest BCUT2D eigenvalue weighted by Crippen LogP contribution is 2.48. The van der Waals surface area contributed by atoms with E-state index in [0.717, 1.165) is 43.0 Å². The van der Waals surface area contributed by atoms with Crippen LogP contribution in [0.25, 0.3) is 21.7 Å². The topological polar surface area (TPSA) is 71.9 Å². The molecule has 1 aliphatic rings. The summed E-state index contributed by atoms with van der Waals surface area (Å²) in [6.07, 6.45) is 0. The van der Waals surface area contributed by atoms with Crippen LogP contribution in [0.15, 0.2) is 75.8 Å². The molecule has 0 saturated heterocycles. The molecule has 0 saturated carbocycles. The number of pyridine rings is 1. The van der Waals surface area contributed by atoms with Gasteiger partial charge in [-0.15, -0.1) is 11.3 Å². The molecule has 4 aromatic rings. The third-order valence-corrected chi connectivity index (χ3v) is 6.47. The van der Waals surface area contributed by atoms with Crippen LogP contribution in [0.3, 0.4) is 0 Å². The zero-order valence-electron chi connectivity index (χ0n) is 14.5. The number of aromatic nitrogens is 1. The van der Waals surface area contributed by atoms with Crippen LogP contribution in [0.5, 0.6) is 11.5 Å². The normalized spacial score (nSPS) is 11.8. The highest BCUT2D eigenvalue weighted by molar-refractivity contribution is 7.99. The van der Waals surface area contributed by atoms with Crippen LogP contribution >= 0.6 is 23.1 Å². The van der Waals surface area contributed by atoms with E-state index < -0.39 is 0 Å². The molecule has 0 atom stereocenters. The van der Waals surface area contributed by atoms with Gasteiger partial charge in [-0.1, -0.05) is 30.0 Å². The maximum Gasteiger partial charge on any atom is 0.142 e. The lowest BCUT2D eigenvalue weighted by Crippen LogP contribution is -2.00. The molecule has 0 bridgehead atoms. The third-order valence-electron chi connectivity index (χ3n) is 4.47. The van der Waals surface area contributed by atoms with Gasteiger partial charge in [0.25, 0.3) is 0 Å². The number of anilines is 1. The molecule has 5 rings (SSSR count). The molecular formula is C22H13N3OS2. The Labute approximate surface area is 170 Å². The second-order valence-electron chi connectivity index (χ2n) is 6.22. The highest BCUT2D eigenvalue weighted by Gasteiger charge is 2.19. The molecule has 28 heavy (non-hydrogen) atoms. The summed E-state index contributed by atoms with van der Waals surface area (Å²) in [5, 5.41) is 11.5. The molecule has 2 aromatic carbocycles. The summed E-state index contributed by atoms with van der Waals surface area (Å²) in [6.45, 7) is 0. The van der Waals surface area contributed by atoms with Crippen LogP contribution in [-0.2, 0) is 0 Å². The first-order valence-corrected chi connectivity index (χ1v) is 10.3. The Kier molecular flexibility index (Phi) is 4.05. The monoisotopic (exact) mass is 399 g/mol. The van der Waals surface area contributed by atoms with Gasteiger partial charge in [0.15, 0.2) is 0 Å². The van der Waals surface area contributed by atoms with Gasteiger partial charge in [0.05, 0.1) is 15.5 Å². The molecule has 0 aliphatic carbocycles. The van der Waals surface area contributed by atoms with Gasteiger partial charge in [0, 0.05) is 16.0 Å². The minimum atomic E-state index is 0.246. The van der Waals surface area contributed by atoms with Crippen molar-refractivity contribution in [1.82, 2.24) is 4.98 Å². The molecule has 2 N–H and O–H groups in total. The Morgan fingerprint density at radius 2 is 1.82 bits per heavy atom. The van der Waals surface area contributed by atoms with Crippen molar-refractivity contribution in [1.29, 1.82) is 5.26 Å². The van der Waals surface area contributed by atoms with E-state index in [0.29, 0.717) is 5.56 Å². The van der Waals surface area contributed by atoms with Gasteiger partial charge < -0.3 is 10.5 Å². The summed E-state index contributed by atoms with van der Waals surface area (Å²) in [4.78, 5) is 7.59. The molecule has 0 amide bonds. The van der Waals surface area contributed by atoms with E-state index in [1.165, 1.54) is 0 Å². The number of benzene rings is 2. The average molecular weight is 400 g/mol. The first-order valence-electron chi connectivity index (χ1n) is 8.56. The molecular weight excluding hydrogens is 386 g/mol. The largest absolute Gasteiger partial charge is 0.455 e. The lowest BCUT2D eigenvalue weighted by molar-refractivity contribution is 0.454. The highest BCUT2D eigenvalue weighted by atomic mass is 32.2. The molecule has 3 heterocycles. The van der Waals surface area contributed by atoms with Gasteiger partial charge in [-0.3, -0.25) is 0 Å². The Hall–Kier alpha value is -3.27. The number of para-hydroxylation sites is 1. The minimum Gasteiger partial charge on any atom is -0.455 e. The summed E-state index contributed by atoms with van der Waals surface area (Å²) in [5.74, 6) is 1.94. The van der Waals surface area contributed by atoms with Crippen LogP contribution in [-0.4, -0.2) is 4.98 Å². The van der Waals surface area contributed by atoms with Crippen molar-refractivity contribution in [3.05, 3.63) is 71.6 Å². The van der Waals surface area contributed by atoms with Gasteiger partial charge in [0.2, 0.25) is 0 Å². The maximum absolute atomic E-state index is 9.53. The molecule has 4 nitrogen and oxygen atoms in total. The third kappa shape index (κ3) is 2.82. The van der Waals surface area contributed by atoms with Crippen molar-refractivity contribution in [2.24, 2.45) is 0 Å². The molecule has 1 aliphatic heterocycles. The summed E-state index contributed by atoms with van der Waals surface area (Å²) >= 11 is 3.25. The minimum absolute atomic E-state index is 0.246. The van der Waals surface area contributed by atoms with Crippen molar-refractivity contribution >= 4 is 28.9 Å². The Morgan fingerprint density at radius 1 is 0.964 bits per heavy atom. The van der Waals surface area contributed by atoms with Gasteiger partial charge >= 0.3 is 0 Å². The Morgan fingerprint density at radius 3 is 2.64 bits per heavy atom. The smallest absolute Gasteiger partial charge is 0.142 e. The fourth-order valence-corrected chi connectivity index (χ4v) is 4.88. The fraction of sp³-hybridized carbons (Fsp3) is 0. The van der Waals surface area contributed by atoms with E-state index >= 15 is 0 Å². The molecule has 0 radical (unpaired) electrons. The van der Waals surface area contributed by atoms with Gasteiger partial charge in [-0.25, -0.2) is 4.98 Å². The average Bonchev–Trinajstić information content (AvgIpc) is 3.26. The first-order chi connectivity index (χ1) is 13.7. The Balaban J connectivity index is 1.61. The zero-order chi connectivity index (χ0) is 19.1. The van der Waals surface area contributed by atoms with Crippen LogP contribution in [0.2, 0.25) is 0 Å². The van der Waals surface area contributed by atoms with Crippen molar-refractivity contribution in [2.45, 2.75) is 9.79 Å². The van der Waals surface area contributed by atoms with Gasteiger partial charge in [0.1, 0.15) is 28.9 Å². The van der Waals surface area contributed by atoms with Crippen LogP contribution in [0, 0.1) is 11.3 Å². The van der Waals surface area contributed by atoms with Crippen LogP contribution < -0.4 is 10.5 Å². The number of fused-ring (bicyclic) bond motifs is 2. The van der Waals surface area contributed by atoms with Crippen LogP contribution in [0.4, 0.5) is 5.82 Å². The summed E-state index contributed by atoms with van der Waals surface area (Å²) < 4.78 is 6.00. The van der Waals surface area contributed by atoms with E-state index in [9.17, 15) is 5.26 Å². The van der Waals surface area contributed by atoms with Crippen molar-refractivity contribution in [2.75, 3.05) is 5.73 Å². The molecule has 0 spiro atoms. The standard InChI is InChI=1S/C22H13N3OS2/c23-12-15-14(19-6-3-9-27-19)11-16(25-22(15)24)13-7-8-18-21(10-13)28-20-5-2-1-4-17(20)26-18/h1-11H,(H2,24,25). The number of thiophene rings is 1. The van der Waals surface area contributed by atoms with Gasteiger partial charge in [-0.05, 0) is 47.8 Å². The molecule has 0 fully saturated rings. The van der Waals surface area contributed by atoms with Crippen molar-refractivity contribution < 1.29 is 4.74 Å². The first kappa shape index (κ1) is 16.9. The van der Waals surface area contributed by atoms with Crippen LogP contribution in [0.1, 0.15) is 5.56 Å². The Bertz CT molecular complexity index is 1240. The number of nitrogens with two attached hydrogens (primary N) is 1. The quantitative estimate of drug-likeness (QED) is 0.383. The molecule has 134 valence electrons. The zero-order valence-corrected chi connectivity index (χ0v) is 16.2. The number of hydrogen-bond acceptors (Lipinski definition) is 6. The number of ether oxygens (including phenoxy) is 1. The van der Waals surface area contributed by atoms with E-state index in [4.69, 9.17) is 10.5 Å². The maximum atomic E-state index is 9.53. The lowest BCUT2D eigenvalue weighted by Gasteiger charge is -2.20. The summed E-state index contributed by atoms with van der Waals surface area (Å²) in [6, 6.07) is 22.0. The van der Waals surface area contributed by atoms with E-state index in [2.05, 4.69) is 17.1 Å². The number of nitrogens with zero attached hydrogens (tertiary/aromatic N) is 2. The molecule has 0 unspecified atom stereocenters. The number of rotatable bonds is 2. The molecule has 2 aromatic heterocycles. The van der Waals surface area contributed by atoms with Crippen molar-refractivity contribution in [3.8, 4) is 39.3 Å². The number of nitrogen functional groups attached to an aromatic ring is 1. The fourth-order valence-electron chi connectivity index (χ4n) is 3.14. The van der Waals surface area contributed by atoms with E-state index in [1.54, 1.807) is 23.1 Å². The molecule has 6 heteroatoms. The lowest BCUT2D eigenvalue weighted by atomic mass is 10.0. The second kappa shape index (κ2) is 6.71. The number of nitriles is 1. The predicted octanol–water partition coefficient (Wildman–Crippen LogP) is 6.19.